The van der Waals surface area contributed by atoms with E-state index in [9.17, 15) is 4.39 Å². The highest BCUT2D eigenvalue weighted by molar-refractivity contribution is 5.31. The van der Waals surface area contributed by atoms with Crippen LogP contribution in [0.1, 0.15) is 30.4 Å². The summed E-state index contributed by atoms with van der Waals surface area (Å²) < 4.78 is 12.9. The first-order valence-electron chi connectivity index (χ1n) is 5.16. The second kappa shape index (κ2) is 3.70. The third kappa shape index (κ3) is 1.80. The summed E-state index contributed by atoms with van der Waals surface area (Å²) in [6.07, 6.45) is 1.16. The molecule has 2 rings (SSSR count). The molecule has 1 heterocycles. The standard InChI is InChI=1S/C12H16FN/c1-8-5-11(13)3-4-12(8)10-6-9(2)14-7-10/h3-5,9-10,14H,6-7H2,1-2H3. The maximum Gasteiger partial charge on any atom is 0.123 e. The summed E-state index contributed by atoms with van der Waals surface area (Å²) in [5.74, 6) is 0.427. The van der Waals surface area contributed by atoms with Gasteiger partial charge in [-0.05, 0) is 49.4 Å². The van der Waals surface area contributed by atoms with E-state index in [1.807, 2.05) is 13.0 Å². The molecule has 0 bridgehead atoms. The Morgan fingerprint density at radius 3 is 2.79 bits per heavy atom. The molecule has 2 heteroatoms. The maximum absolute atomic E-state index is 12.9. The normalized spacial score (nSPS) is 26.8. The predicted molar refractivity (Wildman–Crippen MR) is 56.0 cm³/mol. The van der Waals surface area contributed by atoms with Gasteiger partial charge < -0.3 is 5.32 Å². The molecule has 0 aliphatic carbocycles. The van der Waals surface area contributed by atoms with E-state index in [2.05, 4.69) is 12.2 Å². The zero-order valence-electron chi connectivity index (χ0n) is 8.68. The van der Waals surface area contributed by atoms with Crippen molar-refractivity contribution >= 4 is 0 Å². The van der Waals surface area contributed by atoms with Gasteiger partial charge in [-0.25, -0.2) is 4.39 Å². The van der Waals surface area contributed by atoms with Crippen LogP contribution in [-0.4, -0.2) is 12.6 Å². The van der Waals surface area contributed by atoms with Crippen molar-refractivity contribution in [2.75, 3.05) is 6.54 Å². The highest BCUT2D eigenvalue weighted by Gasteiger charge is 2.23. The van der Waals surface area contributed by atoms with Gasteiger partial charge in [-0.3, -0.25) is 0 Å². The van der Waals surface area contributed by atoms with Crippen LogP contribution in [0.25, 0.3) is 0 Å². The Morgan fingerprint density at radius 2 is 2.21 bits per heavy atom. The average molecular weight is 193 g/mol. The lowest BCUT2D eigenvalue weighted by Gasteiger charge is -2.12. The minimum Gasteiger partial charge on any atom is -0.314 e. The molecule has 0 amide bonds. The zero-order valence-corrected chi connectivity index (χ0v) is 8.68. The van der Waals surface area contributed by atoms with E-state index in [1.165, 1.54) is 5.56 Å². The summed E-state index contributed by atoms with van der Waals surface area (Å²) in [6.45, 7) is 5.20. The summed E-state index contributed by atoms with van der Waals surface area (Å²) in [6, 6.07) is 5.70. The third-order valence-electron chi connectivity index (χ3n) is 3.02. The molecular formula is C12H16FN. The molecule has 0 radical (unpaired) electrons. The van der Waals surface area contributed by atoms with E-state index in [0.29, 0.717) is 12.0 Å². The monoisotopic (exact) mass is 193 g/mol. The van der Waals surface area contributed by atoms with Gasteiger partial charge in [0.25, 0.3) is 0 Å². The summed E-state index contributed by atoms with van der Waals surface area (Å²) in [5.41, 5.74) is 2.37. The Balaban J connectivity index is 2.24. The average Bonchev–Trinajstić information content (AvgIpc) is 2.51. The van der Waals surface area contributed by atoms with Crippen LogP contribution >= 0.6 is 0 Å². The summed E-state index contributed by atoms with van der Waals surface area (Å²) in [7, 11) is 0. The van der Waals surface area contributed by atoms with Crippen LogP contribution in [0, 0.1) is 12.7 Å². The van der Waals surface area contributed by atoms with E-state index in [-0.39, 0.29) is 5.82 Å². The van der Waals surface area contributed by atoms with Gasteiger partial charge in [-0.1, -0.05) is 6.07 Å². The molecule has 2 atom stereocenters. The van der Waals surface area contributed by atoms with Crippen LogP contribution in [0.3, 0.4) is 0 Å². The van der Waals surface area contributed by atoms with E-state index >= 15 is 0 Å². The number of halogens is 1. The minimum absolute atomic E-state index is 0.134. The molecular weight excluding hydrogens is 177 g/mol. The molecule has 1 aromatic rings. The number of benzene rings is 1. The highest BCUT2D eigenvalue weighted by atomic mass is 19.1. The summed E-state index contributed by atoms with van der Waals surface area (Å²) in [4.78, 5) is 0. The first-order valence-corrected chi connectivity index (χ1v) is 5.16. The van der Waals surface area contributed by atoms with E-state index < -0.39 is 0 Å². The molecule has 0 spiro atoms. The number of rotatable bonds is 1. The van der Waals surface area contributed by atoms with Gasteiger partial charge >= 0.3 is 0 Å². The second-order valence-electron chi connectivity index (χ2n) is 4.24. The lowest BCUT2D eigenvalue weighted by Crippen LogP contribution is -2.16. The van der Waals surface area contributed by atoms with Crippen molar-refractivity contribution in [3.05, 3.63) is 35.1 Å². The highest BCUT2D eigenvalue weighted by Crippen LogP contribution is 2.28. The minimum atomic E-state index is -0.134. The quantitative estimate of drug-likeness (QED) is 0.723. The van der Waals surface area contributed by atoms with Gasteiger partial charge in [-0.2, -0.15) is 0 Å². The fourth-order valence-electron chi connectivity index (χ4n) is 2.27. The Morgan fingerprint density at radius 1 is 1.43 bits per heavy atom. The molecule has 1 nitrogen and oxygen atoms in total. The van der Waals surface area contributed by atoms with Crippen molar-refractivity contribution in [1.29, 1.82) is 0 Å². The molecule has 0 saturated carbocycles. The number of nitrogens with one attached hydrogen (secondary N) is 1. The lowest BCUT2D eigenvalue weighted by molar-refractivity contribution is 0.622. The first kappa shape index (κ1) is 9.66. The van der Waals surface area contributed by atoms with Gasteiger partial charge in [0.1, 0.15) is 5.82 Å². The smallest absolute Gasteiger partial charge is 0.123 e. The fourth-order valence-corrected chi connectivity index (χ4v) is 2.27. The van der Waals surface area contributed by atoms with Gasteiger partial charge in [0.15, 0.2) is 0 Å². The summed E-state index contributed by atoms with van der Waals surface area (Å²) >= 11 is 0. The Labute approximate surface area is 84.3 Å². The first-order chi connectivity index (χ1) is 6.66. The van der Waals surface area contributed by atoms with Crippen LogP contribution in [0.15, 0.2) is 18.2 Å². The van der Waals surface area contributed by atoms with Crippen molar-refractivity contribution in [3.8, 4) is 0 Å². The largest absolute Gasteiger partial charge is 0.314 e. The molecule has 1 N–H and O–H groups in total. The Bertz CT molecular complexity index is 335. The molecule has 1 aliphatic rings. The molecule has 1 fully saturated rings. The van der Waals surface area contributed by atoms with Crippen LogP contribution < -0.4 is 5.32 Å². The molecule has 14 heavy (non-hydrogen) atoms. The van der Waals surface area contributed by atoms with Crippen molar-refractivity contribution in [2.45, 2.75) is 32.2 Å². The second-order valence-corrected chi connectivity index (χ2v) is 4.24. The van der Waals surface area contributed by atoms with E-state index in [1.54, 1.807) is 12.1 Å². The Hall–Kier alpha value is -0.890. The molecule has 76 valence electrons. The summed E-state index contributed by atoms with van der Waals surface area (Å²) in [5, 5.41) is 3.42. The molecule has 1 saturated heterocycles. The SMILES string of the molecule is Cc1cc(F)ccc1C1CNC(C)C1. The topological polar surface area (TPSA) is 12.0 Å². The van der Waals surface area contributed by atoms with E-state index in [4.69, 9.17) is 0 Å². The molecule has 1 aliphatic heterocycles. The van der Waals surface area contributed by atoms with Crippen LogP contribution in [0.2, 0.25) is 0 Å². The molecule has 2 unspecified atom stereocenters. The number of aryl methyl sites for hydroxylation is 1. The van der Waals surface area contributed by atoms with Crippen LogP contribution in [0.4, 0.5) is 4.39 Å². The van der Waals surface area contributed by atoms with Crippen molar-refractivity contribution < 1.29 is 4.39 Å². The molecule has 0 aromatic heterocycles. The van der Waals surface area contributed by atoms with Crippen LogP contribution in [0.5, 0.6) is 0 Å². The van der Waals surface area contributed by atoms with Gasteiger partial charge in [0.05, 0.1) is 0 Å². The van der Waals surface area contributed by atoms with Crippen molar-refractivity contribution in [2.24, 2.45) is 0 Å². The zero-order chi connectivity index (χ0) is 10.1. The van der Waals surface area contributed by atoms with Gasteiger partial charge in [0.2, 0.25) is 0 Å². The number of hydrogen-bond donors (Lipinski definition) is 1. The fraction of sp³-hybridized carbons (Fsp3) is 0.500. The Kier molecular flexibility index (Phi) is 2.55. The van der Waals surface area contributed by atoms with Gasteiger partial charge in [0, 0.05) is 12.6 Å². The van der Waals surface area contributed by atoms with Crippen molar-refractivity contribution in [3.63, 3.8) is 0 Å². The number of hydrogen-bond acceptors (Lipinski definition) is 1. The van der Waals surface area contributed by atoms with Crippen molar-refractivity contribution in [1.82, 2.24) is 5.32 Å². The molecule has 1 aromatic carbocycles. The maximum atomic E-state index is 12.9. The predicted octanol–water partition coefficient (Wildman–Crippen LogP) is 2.60. The van der Waals surface area contributed by atoms with Gasteiger partial charge in [-0.15, -0.1) is 0 Å². The lowest BCUT2D eigenvalue weighted by atomic mass is 9.93. The third-order valence-corrected chi connectivity index (χ3v) is 3.02. The van der Waals surface area contributed by atoms with Crippen LogP contribution in [-0.2, 0) is 0 Å². The van der Waals surface area contributed by atoms with E-state index in [0.717, 1.165) is 18.5 Å².